The number of ether oxygens (including phenoxy) is 1. The van der Waals surface area contributed by atoms with Crippen molar-refractivity contribution < 1.29 is 27.9 Å². The molecule has 0 aliphatic rings. The van der Waals surface area contributed by atoms with Crippen molar-refractivity contribution in [1.82, 2.24) is 29.2 Å². The van der Waals surface area contributed by atoms with Crippen LogP contribution in [-0.2, 0) is 26.2 Å². The Morgan fingerprint density at radius 1 is 1.09 bits per heavy atom. The van der Waals surface area contributed by atoms with Gasteiger partial charge in [-0.1, -0.05) is 0 Å². The van der Waals surface area contributed by atoms with Crippen LogP contribution in [0.1, 0.15) is 18.5 Å². The van der Waals surface area contributed by atoms with Crippen molar-refractivity contribution in [2.75, 3.05) is 7.11 Å². The lowest BCUT2D eigenvalue weighted by molar-refractivity contribution is -0.138. The van der Waals surface area contributed by atoms with E-state index in [1.54, 1.807) is 18.6 Å². The van der Waals surface area contributed by atoms with Gasteiger partial charge < -0.3 is 14.4 Å². The summed E-state index contributed by atoms with van der Waals surface area (Å²) in [6.07, 6.45) is 3.45. The molecule has 0 saturated heterocycles. The first-order valence-electron chi connectivity index (χ1n) is 9.64. The molecule has 33 heavy (non-hydrogen) atoms. The molecule has 0 aliphatic carbocycles. The minimum absolute atomic E-state index is 0.212. The van der Waals surface area contributed by atoms with Crippen molar-refractivity contribution in [3.63, 3.8) is 0 Å². The van der Waals surface area contributed by atoms with Gasteiger partial charge in [0.2, 0.25) is 11.8 Å². The number of nitrogens with zero attached hydrogens (tertiary/aromatic N) is 5. The lowest BCUT2D eigenvalue weighted by Crippen LogP contribution is -2.30. The highest BCUT2D eigenvalue weighted by Gasteiger charge is 2.19. The molecule has 0 aliphatic heterocycles. The van der Waals surface area contributed by atoms with E-state index in [0.717, 1.165) is 17.1 Å². The minimum atomic E-state index is -4.16. The summed E-state index contributed by atoms with van der Waals surface area (Å²) in [5, 5.41) is 9.38. The summed E-state index contributed by atoms with van der Waals surface area (Å²) in [6.45, 7) is 0.299. The Morgan fingerprint density at radius 3 is 2.61 bits per heavy atom. The van der Waals surface area contributed by atoms with Gasteiger partial charge in [0.1, 0.15) is 10.4 Å². The van der Waals surface area contributed by atoms with Gasteiger partial charge in [-0.3, -0.25) is 14.6 Å². The van der Waals surface area contributed by atoms with Crippen molar-refractivity contribution >= 4 is 44.0 Å². The summed E-state index contributed by atoms with van der Waals surface area (Å²) in [6, 6.07) is 6.40. The van der Waals surface area contributed by atoms with Crippen LogP contribution in [0, 0.1) is 0 Å². The molecular formula is C20H18N6O6S. The second-order valence-electron chi connectivity index (χ2n) is 7.00. The molecule has 0 saturated carbocycles. The number of amides is 1. The number of carboxylic acid groups (broad SMARTS) is 1. The molecule has 0 fully saturated rings. The molecule has 0 atom stereocenters. The fourth-order valence-electron chi connectivity index (χ4n) is 3.17. The van der Waals surface area contributed by atoms with Crippen molar-refractivity contribution in [2.45, 2.75) is 24.3 Å². The lowest BCUT2D eigenvalue weighted by atomic mass is 10.2. The number of methoxy groups -OCH3 is 1. The first kappa shape index (κ1) is 22.1. The minimum Gasteiger partial charge on any atom is -0.481 e. The number of carbonyl (C=O) groups excluding carboxylic acids is 1. The number of carbonyl (C=O) groups is 2. The maximum absolute atomic E-state index is 12.3. The van der Waals surface area contributed by atoms with Crippen LogP contribution >= 0.6 is 0 Å². The number of sulfonamides is 1. The van der Waals surface area contributed by atoms with E-state index in [-0.39, 0.29) is 4.90 Å². The number of aromatic nitrogens is 5. The number of hydrogen-bond acceptors (Lipinski definition) is 9. The molecule has 2 N–H and O–H groups in total. The third-order valence-corrected chi connectivity index (χ3v) is 6.10. The summed E-state index contributed by atoms with van der Waals surface area (Å²) in [4.78, 5) is 39.2. The second-order valence-corrected chi connectivity index (χ2v) is 8.68. The van der Waals surface area contributed by atoms with Gasteiger partial charge in [-0.05, 0) is 18.2 Å². The number of nitrogens with one attached hydrogen (secondary N) is 1. The van der Waals surface area contributed by atoms with E-state index in [9.17, 15) is 18.0 Å². The van der Waals surface area contributed by atoms with Crippen LogP contribution in [0.4, 0.5) is 0 Å². The molecule has 170 valence electrons. The molecule has 4 heterocycles. The fraction of sp³-hybridized carbons (Fsp3) is 0.200. The number of rotatable bonds is 8. The quantitative estimate of drug-likeness (QED) is 0.381. The zero-order valence-electron chi connectivity index (χ0n) is 17.3. The van der Waals surface area contributed by atoms with Crippen molar-refractivity contribution in [2.24, 2.45) is 0 Å². The zero-order valence-corrected chi connectivity index (χ0v) is 18.1. The average molecular weight is 470 g/mol. The summed E-state index contributed by atoms with van der Waals surface area (Å²) in [5.74, 6) is -1.66. The van der Waals surface area contributed by atoms with Crippen molar-refractivity contribution in [3.05, 3.63) is 48.7 Å². The summed E-state index contributed by atoms with van der Waals surface area (Å²) < 4.78 is 33.5. The maximum atomic E-state index is 12.3. The first-order chi connectivity index (χ1) is 15.8. The summed E-state index contributed by atoms with van der Waals surface area (Å²) >= 11 is 0. The Balaban J connectivity index is 1.56. The van der Waals surface area contributed by atoms with Gasteiger partial charge >= 0.3 is 5.97 Å². The third-order valence-electron chi connectivity index (χ3n) is 4.74. The van der Waals surface area contributed by atoms with Crippen LogP contribution in [0.15, 0.2) is 47.9 Å². The predicted molar refractivity (Wildman–Crippen MR) is 115 cm³/mol. The van der Waals surface area contributed by atoms with Gasteiger partial charge in [0.25, 0.3) is 10.0 Å². The predicted octanol–water partition coefficient (Wildman–Crippen LogP) is 1.10. The molecule has 0 unspecified atom stereocenters. The standard InChI is InChI=1S/C20H18N6O6S/c1-32-17-6-4-14-19-15(9-22-20(14)24-17)23-11-26(19)10-12-2-3-13(8-21-12)33(30,31)25-16(27)5-7-18(28)29/h2-4,6,8-9,11H,5,7,10H2,1H3,(H,25,27)(H,28,29). The molecule has 0 aromatic carbocycles. The Kier molecular flexibility index (Phi) is 5.87. The largest absolute Gasteiger partial charge is 0.481 e. The van der Waals surface area contributed by atoms with E-state index in [2.05, 4.69) is 19.9 Å². The van der Waals surface area contributed by atoms with E-state index < -0.39 is 34.7 Å². The Labute approximate surface area is 187 Å². The van der Waals surface area contributed by atoms with E-state index in [0.29, 0.717) is 29.3 Å². The molecule has 4 rings (SSSR count). The number of carboxylic acids is 1. The van der Waals surface area contributed by atoms with E-state index in [1.165, 1.54) is 19.2 Å². The average Bonchev–Trinajstić information content (AvgIpc) is 3.20. The Bertz CT molecular complexity index is 1470. The van der Waals surface area contributed by atoms with Gasteiger partial charge in [-0.25, -0.2) is 23.1 Å². The number of pyridine rings is 3. The number of imidazole rings is 1. The highest BCUT2D eigenvalue weighted by molar-refractivity contribution is 7.90. The molecule has 0 spiro atoms. The first-order valence-corrected chi connectivity index (χ1v) is 11.1. The van der Waals surface area contributed by atoms with Crippen LogP contribution in [-0.4, -0.2) is 57.0 Å². The topological polar surface area (TPSA) is 166 Å². The molecule has 12 nitrogen and oxygen atoms in total. The molecule has 13 heteroatoms. The van der Waals surface area contributed by atoms with Crippen LogP contribution < -0.4 is 9.46 Å². The number of hydrogen-bond donors (Lipinski definition) is 2. The van der Waals surface area contributed by atoms with E-state index >= 15 is 0 Å². The van der Waals surface area contributed by atoms with Gasteiger partial charge in [0.15, 0.2) is 5.65 Å². The number of fused-ring (bicyclic) bond motifs is 3. The normalized spacial score (nSPS) is 11.5. The molecular weight excluding hydrogens is 452 g/mol. The van der Waals surface area contributed by atoms with E-state index in [4.69, 9.17) is 9.84 Å². The van der Waals surface area contributed by atoms with Gasteiger partial charge in [0, 0.05) is 24.1 Å². The summed E-state index contributed by atoms with van der Waals surface area (Å²) in [7, 11) is -2.64. The van der Waals surface area contributed by atoms with Crippen LogP contribution in [0.25, 0.3) is 22.1 Å². The molecule has 4 aromatic rings. The van der Waals surface area contributed by atoms with E-state index in [1.807, 2.05) is 15.4 Å². The smallest absolute Gasteiger partial charge is 0.303 e. The third kappa shape index (κ3) is 4.72. The SMILES string of the molecule is COc1ccc2c(ncc3ncn(Cc4ccc(S(=O)(=O)NC(=O)CCC(=O)O)cn4)c32)n1. The van der Waals surface area contributed by atoms with Gasteiger partial charge in [0.05, 0.1) is 43.8 Å². The highest BCUT2D eigenvalue weighted by atomic mass is 32.2. The monoisotopic (exact) mass is 470 g/mol. The molecule has 1 amide bonds. The lowest BCUT2D eigenvalue weighted by Gasteiger charge is -2.09. The number of aliphatic carboxylic acids is 1. The van der Waals surface area contributed by atoms with Crippen molar-refractivity contribution in [3.8, 4) is 5.88 Å². The summed E-state index contributed by atoms with van der Waals surface area (Å²) in [5.41, 5.74) is 2.51. The van der Waals surface area contributed by atoms with Crippen LogP contribution in [0.5, 0.6) is 5.88 Å². The maximum Gasteiger partial charge on any atom is 0.303 e. The van der Waals surface area contributed by atoms with Crippen molar-refractivity contribution in [1.29, 1.82) is 0 Å². The molecule has 0 radical (unpaired) electrons. The van der Waals surface area contributed by atoms with Gasteiger partial charge in [-0.15, -0.1) is 0 Å². The highest BCUT2D eigenvalue weighted by Crippen LogP contribution is 2.24. The van der Waals surface area contributed by atoms with Crippen LogP contribution in [0.3, 0.4) is 0 Å². The zero-order chi connectivity index (χ0) is 23.6. The molecule has 0 bridgehead atoms. The van der Waals surface area contributed by atoms with Crippen LogP contribution in [0.2, 0.25) is 0 Å². The molecule has 4 aromatic heterocycles. The Hall–Kier alpha value is -4.13. The Morgan fingerprint density at radius 2 is 1.91 bits per heavy atom. The fourth-order valence-corrected chi connectivity index (χ4v) is 4.13. The second kappa shape index (κ2) is 8.78. The van der Waals surface area contributed by atoms with Gasteiger partial charge in [-0.2, -0.15) is 4.98 Å².